The van der Waals surface area contributed by atoms with E-state index in [0.717, 1.165) is 39.2 Å². The van der Waals surface area contributed by atoms with Crippen LogP contribution in [0.15, 0.2) is 71.3 Å². The number of carbonyl (C=O) groups excluding carboxylic acids is 1. The number of methoxy groups -OCH3 is 1. The van der Waals surface area contributed by atoms with Crippen molar-refractivity contribution in [3.8, 4) is 16.9 Å². The summed E-state index contributed by atoms with van der Waals surface area (Å²) in [5.74, 6) is 0.611. The highest BCUT2D eigenvalue weighted by molar-refractivity contribution is 6.14. The van der Waals surface area contributed by atoms with Crippen LogP contribution < -0.4 is 15.0 Å². The molecule has 0 saturated heterocycles. The Balaban J connectivity index is 1.70. The van der Waals surface area contributed by atoms with Gasteiger partial charge in [0.15, 0.2) is 0 Å². The lowest BCUT2D eigenvalue weighted by molar-refractivity contribution is 0.102. The van der Waals surface area contributed by atoms with E-state index in [0.29, 0.717) is 11.1 Å². The molecule has 30 heavy (non-hydrogen) atoms. The number of hydrogen-bond donors (Lipinski definition) is 1. The van der Waals surface area contributed by atoms with Crippen molar-refractivity contribution in [3.05, 3.63) is 78.1 Å². The lowest BCUT2D eigenvalue weighted by atomic mass is 9.95. The normalized spacial score (nSPS) is 10.8. The minimum absolute atomic E-state index is 0.205. The van der Waals surface area contributed by atoms with Crippen LogP contribution in [0.25, 0.3) is 22.1 Å². The first-order valence-electron chi connectivity index (χ1n) is 9.72. The molecule has 1 aromatic heterocycles. The first-order chi connectivity index (χ1) is 14.5. The summed E-state index contributed by atoms with van der Waals surface area (Å²) in [4.78, 5) is 15.0. The summed E-state index contributed by atoms with van der Waals surface area (Å²) in [7, 11) is 5.59. The Labute approximate surface area is 175 Å². The topological polar surface area (TPSA) is 54.7 Å². The smallest absolute Gasteiger partial charge is 0.259 e. The minimum Gasteiger partial charge on any atom is -0.497 e. The van der Waals surface area contributed by atoms with Gasteiger partial charge in [0.05, 0.1) is 18.9 Å². The molecule has 4 aromatic rings. The Kier molecular flexibility index (Phi) is 5.19. The van der Waals surface area contributed by atoms with Crippen LogP contribution in [0.3, 0.4) is 0 Å². The average Bonchev–Trinajstić information content (AvgIpc) is 3.23. The Morgan fingerprint density at radius 1 is 1.00 bits per heavy atom. The molecule has 1 amide bonds. The predicted molar refractivity (Wildman–Crippen MR) is 122 cm³/mol. The zero-order chi connectivity index (χ0) is 21.3. The highest BCUT2D eigenvalue weighted by atomic mass is 16.5. The highest BCUT2D eigenvalue weighted by Gasteiger charge is 2.17. The number of carbonyl (C=O) groups is 1. The Morgan fingerprint density at radius 2 is 1.80 bits per heavy atom. The van der Waals surface area contributed by atoms with Crippen LogP contribution in [-0.4, -0.2) is 27.1 Å². The zero-order valence-electron chi connectivity index (χ0n) is 17.5. The molecule has 0 aliphatic rings. The molecule has 4 rings (SSSR count). The minimum atomic E-state index is -0.205. The van der Waals surface area contributed by atoms with Crippen molar-refractivity contribution in [1.29, 1.82) is 0 Å². The summed E-state index contributed by atoms with van der Waals surface area (Å²) in [6, 6.07) is 19.4. The molecule has 152 valence electrons. The van der Waals surface area contributed by atoms with E-state index in [4.69, 9.17) is 9.15 Å². The van der Waals surface area contributed by atoms with Crippen molar-refractivity contribution in [2.24, 2.45) is 0 Å². The van der Waals surface area contributed by atoms with Crippen LogP contribution in [-0.2, 0) is 0 Å². The third kappa shape index (κ3) is 3.62. The van der Waals surface area contributed by atoms with Crippen LogP contribution in [0.2, 0.25) is 0 Å². The third-order valence-corrected chi connectivity index (χ3v) is 5.21. The van der Waals surface area contributed by atoms with Gasteiger partial charge in [-0.3, -0.25) is 4.79 Å². The summed E-state index contributed by atoms with van der Waals surface area (Å²) in [5.41, 5.74) is 6.01. The number of nitrogens with zero attached hydrogens (tertiary/aromatic N) is 1. The van der Waals surface area contributed by atoms with E-state index in [1.165, 1.54) is 0 Å². The second kappa shape index (κ2) is 7.95. The number of nitrogens with one attached hydrogen (secondary N) is 1. The number of benzene rings is 3. The van der Waals surface area contributed by atoms with Crippen molar-refractivity contribution < 1.29 is 13.9 Å². The first kappa shape index (κ1) is 19.6. The molecule has 1 N–H and O–H groups in total. The van der Waals surface area contributed by atoms with Crippen LogP contribution >= 0.6 is 0 Å². The number of furan rings is 1. The van der Waals surface area contributed by atoms with E-state index in [1.807, 2.05) is 86.6 Å². The van der Waals surface area contributed by atoms with Crippen molar-refractivity contribution >= 4 is 28.3 Å². The predicted octanol–water partition coefficient (Wildman–Crippen LogP) is 5.74. The van der Waals surface area contributed by atoms with Gasteiger partial charge in [0.1, 0.15) is 11.3 Å². The quantitative estimate of drug-likeness (QED) is 0.464. The van der Waals surface area contributed by atoms with E-state index in [9.17, 15) is 4.79 Å². The van der Waals surface area contributed by atoms with Crippen LogP contribution in [0, 0.1) is 6.92 Å². The lowest BCUT2D eigenvalue weighted by Crippen LogP contribution is -2.13. The van der Waals surface area contributed by atoms with Crippen molar-refractivity contribution in [2.75, 3.05) is 31.4 Å². The van der Waals surface area contributed by atoms with E-state index in [2.05, 4.69) is 5.32 Å². The van der Waals surface area contributed by atoms with E-state index in [1.54, 1.807) is 13.4 Å². The molecular weight excluding hydrogens is 376 g/mol. The number of ether oxygens (including phenoxy) is 1. The van der Waals surface area contributed by atoms with Gasteiger partial charge in [-0.1, -0.05) is 18.2 Å². The molecule has 0 unspecified atom stereocenters. The fourth-order valence-corrected chi connectivity index (χ4v) is 3.60. The molecule has 1 heterocycles. The zero-order valence-corrected chi connectivity index (χ0v) is 17.5. The van der Waals surface area contributed by atoms with E-state index in [-0.39, 0.29) is 5.91 Å². The Hall–Kier alpha value is -3.73. The lowest BCUT2D eigenvalue weighted by Gasteiger charge is -2.14. The van der Waals surface area contributed by atoms with Gasteiger partial charge in [0.25, 0.3) is 5.91 Å². The molecule has 0 saturated carbocycles. The Morgan fingerprint density at radius 3 is 2.53 bits per heavy atom. The maximum absolute atomic E-state index is 13.0. The summed E-state index contributed by atoms with van der Waals surface area (Å²) in [5, 5.41) is 3.88. The molecular formula is C25H24N2O3. The number of rotatable bonds is 5. The average molecular weight is 400 g/mol. The van der Waals surface area contributed by atoms with Gasteiger partial charge in [0.2, 0.25) is 0 Å². The van der Waals surface area contributed by atoms with Gasteiger partial charge in [-0.15, -0.1) is 0 Å². The summed E-state index contributed by atoms with van der Waals surface area (Å²) < 4.78 is 11.0. The fourth-order valence-electron chi connectivity index (χ4n) is 3.60. The monoisotopic (exact) mass is 400 g/mol. The SMILES string of the molecule is COc1ccc(-c2ccc(C(=O)Nc3cccc(N(C)C)c3)c3occc23)c(C)c1. The van der Waals surface area contributed by atoms with Gasteiger partial charge in [-0.25, -0.2) is 0 Å². The fraction of sp³-hybridized carbons (Fsp3) is 0.160. The second-order valence-electron chi connectivity index (χ2n) is 7.40. The van der Waals surface area contributed by atoms with Crippen molar-refractivity contribution in [3.63, 3.8) is 0 Å². The van der Waals surface area contributed by atoms with Crippen molar-refractivity contribution in [2.45, 2.75) is 6.92 Å². The number of anilines is 2. The molecule has 0 spiro atoms. The molecule has 0 aliphatic heterocycles. The summed E-state index contributed by atoms with van der Waals surface area (Å²) in [6.45, 7) is 2.04. The van der Waals surface area contributed by atoms with Gasteiger partial charge in [-0.05, 0) is 66.1 Å². The highest BCUT2D eigenvalue weighted by Crippen LogP contribution is 2.35. The van der Waals surface area contributed by atoms with Gasteiger partial charge in [0, 0.05) is 30.9 Å². The Bertz CT molecular complexity index is 1220. The summed E-state index contributed by atoms with van der Waals surface area (Å²) in [6.07, 6.45) is 1.62. The first-order valence-corrected chi connectivity index (χ1v) is 9.72. The van der Waals surface area contributed by atoms with Gasteiger partial charge in [-0.2, -0.15) is 0 Å². The van der Waals surface area contributed by atoms with Crippen molar-refractivity contribution in [1.82, 2.24) is 0 Å². The van der Waals surface area contributed by atoms with Gasteiger partial charge < -0.3 is 19.4 Å². The molecule has 0 aliphatic carbocycles. The number of fused-ring (bicyclic) bond motifs is 1. The van der Waals surface area contributed by atoms with E-state index < -0.39 is 0 Å². The van der Waals surface area contributed by atoms with Crippen LogP contribution in [0.4, 0.5) is 11.4 Å². The molecule has 5 heteroatoms. The van der Waals surface area contributed by atoms with Gasteiger partial charge >= 0.3 is 0 Å². The number of hydrogen-bond acceptors (Lipinski definition) is 4. The molecule has 0 atom stereocenters. The molecule has 0 bridgehead atoms. The van der Waals surface area contributed by atoms with Crippen LogP contribution in [0.5, 0.6) is 5.75 Å². The molecule has 0 fully saturated rings. The third-order valence-electron chi connectivity index (χ3n) is 5.21. The molecule has 3 aromatic carbocycles. The largest absolute Gasteiger partial charge is 0.497 e. The maximum Gasteiger partial charge on any atom is 0.259 e. The number of amides is 1. The molecule has 0 radical (unpaired) electrons. The second-order valence-corrected chi connectivity index (χ2v) is 7.40. The van der Waals surface area contributed by atoms with Crippen LogP contribution in [0.1, 0.15) is 15.9 Å². The molecule has 5 nitrogen and oxygen atoms in total. The number of aryl methyl sites for hydroxylation is 1. The summed E-state index contributed by atoms with van der Waals surface area (Å²) >= 11 is 0. The maximum atomic E-state index is 13.0. The standard InChI is InChI=1S/C25H24N2O3/c1-16-14-19(29-4)8-9-20(16)21-10-11-23(24-22(21)12-13-30-24)25(28)26-17-6-5-7-18(15-17)27(2)3/h5-15H,1-4H3,(H,26,28). The van der Waals surface area contributed by atoms with E-state index >= 15 is 0 Å².